The van der Waals surface area contributed by atoms with Crippen LogP contribution in [0.2, 0.25) is 0 Å². The molecule has 4 aliphatic rings. The molecule has 1 atom stereocenters. The summed E-state index contributed by atoms with van der Waals surface area (Å²) >= 11 is 0. The Balaban J connectivity index is 1.10. The van der Waals surface area contributed by atoms with Gasteiger partial charge in [0.15, 0.2) is 0 Å². The zero-order chi connectivity index (χ0) is 29.6. The van der Waals surface area contributed by atoms with Gasteiger partial charge in [-0.2, -0.15) is 18.3 Å². The molecular formula is C31H41F3N6O2. The maximum atomic E-state index is 13.7. The quantitative estimate of drug-likeness (QED) is 0.484. The zero-order valence-electron chi connectivity index (χ0n) is 24.5. The molecule has 2 aromatic rings. The molecule has 11 heteroatoms. The van der Waals surface area contributed by atoms with Crippen LogP contribution in [0.25, 0.3) is 0 Å². The number of likely N-dealkylation sites (tertiary alicyclic amines) is 3. The van der Waals surface area contributed by atoms with Crippen molar-refractivity contribution in [3.63, 3.8) is 0 Å². The summed E-state index contributed by atoms with van der Waals surface area (Å²) in [6, 6.07) is 6.49. The van der Waals surface area contributed by atoms with E-state index >= 15 is 0 Å². The summed E-state index contributed by atoms with van der Waals surface area (Å²) in [5.41, 5.74) is 1.21. The van der Waals surface area contributed by atoms with Crippen LogP contribution < -0.4 is 0 Å². The van der Waals surface area contributed by atoms with Crippen molar-refractivity contribution in [1.29, 1.82) is 0 Å². The molecule has 0 radical (unpaired) electrons. The van der Waals surface area contributed by atoms with Crippen molar-refractivity contribution in [1.82, 2.24) is 29.4 Å². The van der Waals surface area contributed by atoms with E-state index in [9.17, 15) is 22.8 Å². The summed E-state index contributed by atoms with van der Waals surface area (Å²) in [5, 5.41) is 4.70. The highest BCUT2D eigenvalue weighted by molar-refractivity contribution is 5.95. The molecule has 3 amide bonds. The molecule has 0 N–H and O–H groups in total. The van der Waals surface area contributed by atoms with E-state index in [2.05, 4.69) is 19.0 Å². The summed E-state index contributed by atoms with van der Waals surface area (Å²) in [7, 11) is 4.19. The van der Waals surface area contributed by atoms with E-state index in [4.69, 9.17) is 5.10 Å². The number of benzene rings is 1. The molecule has 4 fully saturated rings. The summed E-state index contributed by atoms with van der Waals surface area (Å²) in [5.74, 6) is -0.195. The van der Waals surface area contributed by atoms with Crippen molar-refractivity contribution in [3.8, 4) is 0 Å². The van der Waals surface area contributed by atoms with Gasteiger partial charge in [0.1, 0.15) is 0 Å². The first-order chi connectivity index (χ1) is 20.1. The Labute approximate surface area is 245 Å². The number of piperidine rings is 2. The highest BCUT2D eigenvalue weighted by atomic mass is 19.4. The Morgan fingerprint density at radius 3 is 2.07 bits per heavy atom. The first-order valence-corrected chi connectivity index (χ1v) is 15.3. The van der Waals surface area contributed by atoms with Gasteiger partial charge in [-0.3, -0.25) is 9.48 Å². The molecule has 3 saturated heterocycles. The number of rotatable bonds is 5. The van der Waals surface area contributed by atoms with Crippen LogP contribution in [0.1, 0.15) is 90.0 Å². The van der Waals surface area contributed by atoms with Gasteiger partial charge in [0.25, 0.3) is 5.91 Å². The number of amides is 3. The highest BCUT2D eigenvalue weighted by Crippen LogP contribution is 2.44. The molecule has 3 aliphatic heterocycles. The first-order valence-electron chi connectivity index (χ1n) is 15.3. The van der Waals surface area contributed by atoms with Crippen molar-refractivity contribution >= 4 is 11.9 Å². The monoisotopic (exact) mass is 586 g/mol. The molecule has 4 heterocycles. The van der Waals surface area contributed by atoms with Crippen LogP contribution in [-0.2, 0) is 6.18 Å². The molecule has 1 aromatic carbocycles. The van der Waals surface area contributed by atoms with Crippen molar-refractivity contribution in [2.45, 2.75) is 75.0 Å². The molecule has 0 unspecified atom stereocenters. The minimum absolute atomic E-state index is 0.121. The number of urea groups is 1. The Morgan fingerprint density at radius 1 is 0.833 bits per heavy atom. The maximum absolute atomic E-state index is 13.7. The second-order valence-electron chi connectivity index (χ2n) is 12.7. The smallest absolute Gasteiger partial charge is 0.338 e. The van der Waals surface area contributed by atoms with Gasteiger partial charge in [-0.15, -0.1) is 0 Å². The van der Waals surface area contributed by atoms with E-state index in [1.54, 1.807) is 17.2 Å². The molecule has 6 rings (SSSR count). The fraction of sp³-hybridized carbons (Fsp3) is 0.645. The maximum Gasteiger partial charge on any atom is 0.416 e. The number of carbonyl (C=O) groups is 2. The van der Waals surface area contributed by atoms with E-state index in [0.29, 0.717) is 37.7 Å². The molecule has 0 spiro atoms. The fourth-order valence-electron chi connectivity index (χ4n) is 7.15. The van der Waals surface area contributed by atoms with Gasteiger partial charge in [-0.1, -0.05) is 18.2 Å². The molecule has 1 aromatic heterocycles. The predicted molar refractivity (Wildman–Crippen MR) is 152 cm³/mol. The van der Waals surface area contributed by atoms with E-state index in [0.717, 1.165) is 63.4 Å². The Hall–Kier alpha value is -3.08. The Kier molecular flexibility index (Phi) is 7.97. The number of halogens is 3. The standard InChI is InChI=1S/C31H41F3N6O2/c1-36(2)23-10-15-37(16-11-23)30(42)38-17-12-24(13-18-38)40-28(21-7-8-21)26(19-35-40)29(41)39-14-9-22(20-39)25-5-3-4-6-27(25)31(32,33)34/h3-6,19,21-24H,7-18,20H2,1-2H3/t22-/m1/s1. The fourth-order valence-corrected chi connectivity index (χ4v) is 7.15. The number of alkyl halides is 3. The summed E-state index contributed by atoms with van der Waals surface area (Å²) in [6.07, 6.45) is 3.33. The minimum atomic E-state index is -4.42. The van der Waals surface area contributed by atoms with Gasteiger partial charge in [0, 0.05) is 57.1 Å². The lowest BCUT2D eigenvalue weighted by Crippen LogP contribution is -2.51. The molecule has 42 heavy (non-hydrogen) atoms. The normalized spacial score (nSPS) is 22.8. The molecule has 228 valence electrons. The lowest BCUT2D eigenvalue weighted by atomic mass is 9.93. The van der Waals surface area contributed by atoms with Crippen LogP contribution in [0.4, 0.5) is 18.0 Å². The second kappa shape index (κ2) is 11.5. The van der Waals surface area contributed by atoms with Crippen LogP contribution in [0.3, 0.4) is 0 Å². The third-order valence-electron chi connectivity index (χ3n) is 9.76. The van der Waals surface area contributed by atoms with Gasteiger partial charge >= 0.3 is 12.2 Å². The number of hydrogen-bond donors (Lipinski definition) is 0. The lowest BCUT2D eigenvalue weighted by molar-refractivity contribution is -0.138. The molecule has 1 saturated carbocycles. The van der Waals surface area contributed by atoms with Crippen molar-refractivity contribution in [2.24, 2.45) is 0 Å². The Morgan fingerprint density at radius 2 is 1.45 bits per heavy atom. The SMILES string of the molecule is CN(C)C1CCN(C(=O)N2CCC(n3ncc(C(=O)N4CC[C@@H](c5ccccc5C(F)(F)F)C4)c3C3CC3)CC2)CC1. The largest absolute Gasteiger partial charge is 0.416 e. The summed E-state index contributed by atoms with van der Waals surface area (Å²) in [6.45, 7) is 3.60. The van der Waals surface area contributed by atoms with Crippen LogP contribution in [0, 0.1) is 0 Å². The Bertz CT molecular complexity index is 1290. The van der Waals surface area contributed by atoms with E-state index in [-0.39, 0.29) is 41.9 Å². The predicted octanol–water partition coefficient (Wildman–Crippen LogP) is 5.19. The molecule has 1 aliphatic carbocycles. The number of nitrogens with zero attached hydrogens (tertiary/aromatic N) is 6. The van der Waals surface area contributed by atoms with E-state index in [1.807, 2.05) is 14.5 Å². The van der Waals surface area contributed by atoms with Crippen LogP contribution in [-0.4, -0.2) is 101 Å². The van der Waals surface area contributed by atoms with Crippen molar-refractivity contribution < 1.29 is 22.8 Å². The van der Waals surface area contributed by atoms with Gasteiger partial charge in [0.2, 0.25) is 0 Å². The van der Waals surface area contributed by atoms with Crippen LogP contribution in [0.15, 0.2) is 30.5 Å². The van der Waals surface area contributed by atoms with Gasteiger partial charge < -0.3 is 19.6 Å². The first kappa shape index (κ1) is 29.0. The zero-order valence-corrected chi connectivity index (χ0v) is 24.5. The lowest BCUT2D eigenvalue weighted by Gasteiger charge is -2.40. The number of aromatic nitrogens is 2. The summed E-state index contributed by atoms with van der Waals surface area (Å²) < 4.78 is 42.9. The van der Waals surface area contributed by atoms with Crippen molar-refractivity contribution in [3.05, 3.63) is 52.8 Å². The third-order valence-corrected chi connectivity index (χ3v) is 9.76. The third kappa shape index (κ3) is 5.76. The van der Waals surface area contributed by atoms with Gasteiger partial charge in [-0.05, 0) is 70.7 Å². The van der Waals surface area contributed by atoms with Gasteiger partial charge in [-0.25, -0.2) is 4.79 Å². The molecule has 0 bridgehead atoms. The molecule has 8 nitrogen and oxygen atoms in total. The van der Waals surface area contributed by atoms with Gasteiger partial charge in [0.05, 0.1) is 29.1 Å². The number of carbonyl (C=O) groups excluding carboxylic acids is 2. The number of hydrogen-bond acceptors (Lipinski definition) is 4. The topological polar surface area (TPSA) is 64.9 Å². The second-order valence-corrected chi connectivity index (χ2v) is 12.7. The molecular weight excluding hydrogens is 545 g/mol. The van der Waals surface area contributed by atoms with Crippen molar-refractivity contribution in [2.75, 3.05) is 53.4 Å². The van der Waals surface area contributed by atoms with Crippen LogP contribution in [0.5, 0.6) is 0 Å². The average Bonchev–Trinajstić information content (AvgIpc) is 3.53. The van der Waals surface area contributed by atoms with E-state index < -0.39 is 11.7 Å². The van der Waals surface area contributed by atoms with Crippen LogP contribution >= 0.6 is 0 Å². The highest BCUT2D eigenvalue weighted by Gasteiger charge is 2.40. The average molecular weight is 587 g/mol. The minimum Gasteiger partial charge on any atom is -0.338 e. The summed E-state index contributed by atoms with van der Waals surface area (Å²) in [4.78, 5) is 34.8. The van der Waals surface area contributed by atoms with E-state index in [1.165, 1.54) is 12.1 Å².